The van der Waals surface area contributed by atoms with Crippen LogP contribution in [0.15, 0.2) is 33.8 Å². The van der Waals surface area contributed by atoms with Crippen LogP contribution in [0.3, 0.4) is 0 Å². The van der Waals surface area contributed by atoms with Crippen LogP contribution in [-0.4, -0.2) is 16.1 Å². The lowest BCUT2D eigenvalue weighted by Crippen LogP contribution is -2.25. The zero-order valence-corrected chi connectivity index (χ0v) is 12.3. The van der Waals surface area contributed by atoms with E-state index in [0.717, 1.165) is 35.4 Å². The average Bonchev–Trinajstić information content (AvgIpc) is 2.94. The summed E-state index contributed by atoms with van der Waals surface area (Å²) >= 11 is 3.45. The highest BCUT2D eigenvalue weighted by Crippen LogP contribution is 2.26. The Balaban J connectivity index is 2.15. The van der Waals surface area contributed by atoms with Crippen molar-refractivity contribution < 1.29 is 4.42 Å². The van der Waals surface area contributed by atoms with Crippen LogP contribution in [-0.2, 0) is 13.5 Å². The SMILES string of the molecule is CCCNC(Cc1nccn1C)c1ccoc1Br. The number of aryl methyl sites for hydroxylation is 1. The fourth-order valence-corrected chi connectivity index (χ4v) is 2.46. The van der Waals surface area contributed by atoms with Gasteiger partial charge in [-0.3, -0.25) is 0 Å². The van der Waals surface area contributed by atoms with E-state index in [0.29, 0.717) is 0 Å². The van der Waals surface area contributed by atoms with Gasteiger partial charge in [0.05, 0.1) is 6.26 Å². The molecule has 1 N–H and O–H groups in total. The van der Waals surface area contributed by atoms with Crippen LogP contribution in [0.1, 0.15) is 30.8 Å². The molecule has 0 aromatic carbocycles. The first-order chi connectivity index (χ1) is 8.72. The van der Waals surface area contributed by atoms with E-state index in [1.165, 1.54) is 0 Å². The van der Waals surface area contributed by atoms with E-state index in [1.807, 2.05) is 25.5 Å². The quantitative estimate of drug-likeness (QED) is 0.891. The van der Waals surface area contributed by atoms with Gasteiger partial charge >= 0.3 is 0 Å². The summed E-state index contributed by atoms with van der Waals surface area (Å²) in [6.45, 7) is 3.14. The second-order valence-electron chi connectivity index (χ2n) is 4.31. The lowest BCUT2D eigenvalue weighted by molar-refractivity contribution is 0.488. The van der Waals surface area contributed by atoms with Crippen LogP contribution in [0.5, 0.6) is 0 Å². The number of hydrogen-bond acceptors (Lipinski definition) is 3. The molecule has 0 radical (unpaired) electrons. The van der Waals surface area contributed by atoms with Gasteiger partial charge in [-0.05, 0) is 35.0 Å². The van der Waals surface area contributed by atoms with Crippen LogP contribution >= 0.6 is 15.9 Å². The molecule has 2 aromatic heterocycles. The van der Waals surface area contributed by atoms with E-state index < -0.39 is 0 Å². The fourth-order valence-electron chi connectivity index (χ4n) is 1.94. The van der Waals surface area contributed by atoms with Gasteiger partial charge in [0.25, 0.3) is 0 Å². The Kier molecular flexibility index (Phi) is 4.60. The number of aromatic nitrogens is 2. The molecule has 0 aliphatic carbocycles. The van der Waals surface area contributed by atoms with Crippen LogP contribution in [0.2, 0.25) is 0 Å². The van der Waals surface area contributed by atoms with Gasteiger partial charge in [-0.25, -0.2) is 4.98 Å². The molecular weight excluding hydrogens is 294 g/mol. The van der Waals surface area contributed by atoms with Crippen molar-refractivity contribution in [2.45, 2.75) is 25.8 Å². The Morgan fingerprint density at radius 3 is 2.94 bits per heavy atom. The summed E-state index contributed by atoms with van der Waals surface area (Å²) in [5.74, 6) is 1.07. The molecule has 0 bridgehead atoms. The number of hydrogen-bond donors (Lipinski definition) is 1. The zero-order chi connectivity index (χ0) is 13.0. The molecule has 2 heterocycles. The predicted octanol–water partition coefficient (Wildman–Crippen LogP) is 3.06. The molecule has 0 spiro atoms. The maximum atomic E-state index is 5.32. The van der Waals surface area contributed by atoms with E-state index in [1.54, 1.807) is 6.26 Å². The molecule has 0 saturated carbocycles. The van der Waals surface area contributed by atoms with Gasteiger partial charge < -0.3 is 14.3 Å². The molecule has 0 fully saturated rings. The molecule has 0 aliphatic rings. The lowest BCUT2D eigenvalue weighted by atomic mass is 10.1. The minimum Gasteiger partial charge on any atom is -0.457 e. The first-order valence-corrected chi connectivity index (χ1v) is 6.94. The van der Waals surface area contributed by atoms with E-state index in [9.17, 15) is 0 Å². The third-order valence-electron chi connectivity index (χ3n) is 2.97. The van der Waals surface area contributed by atoms with E-state index in [2.05, 4.69) is 37.7 Å². The largest absolute Gasteiger partial charge is 0.457 e. The summed E-state index contributed by atoms with van der Waals surface area (Å²) in [5, 5.41) is 3.53. The normalized spacial score (nSPS) is 12.8. The van der Waals surface area contributed by atoms with Crippen LogP contribution in [0.25, 0.3) is 0 Å². The third kappa shape index (κ3) is 3.03. The summed E-state index contributed by atoms with van der Waals surface area (Å²) in [7, 11) is 2.02. The summed E-state index contributed by atoms with van der Waals surface area (Å²) < 4.78 is 8.17. The second-order valence-corrected chi connectivity index (χ2v) is 5.04. The van der Waals surface area contributed by atoms with Crippen LogP contribution in [0.4, 0.5) is 0 Å². The number of furan rings is 1. The van der Waals surface area contributed by atoms with Crippen molar-refractivity contribution in [2.24, 2.45) is 7.05 Å². The van der Waals surface area contributed by atoms with Crippen molar-refractivity contribution in [3.05, 3.63) is 40.8 Å². The van der Waals surface area contributed by atoms with E-state index >= 15 is 0 Å². The van der Waals surface area contributed by atoms with Crippen molar-refractivity contribution in [1.29, 1.82) is 0 Å². The number of rotatable bonds is 6. The van der Waals surface area contributed by atoms with E-state index in [-0.39, 0.29) is 6.04 Å². The van der Waals surface area contributed by atoms with Gasteiger partial charge in [0, 0.05) is 37.5 Å². The minimum atomic E-state index is 0.221. The van der Waals surface area contributed by atoms with E-state index in [4.69, 9.17) is 4.42 Å². The van der Waals surface area contributed by atoms with Crippen LogP contribution in [0, 0.1) is 0 Å². The smallest absolute Gasteiger partial charge is 0.173 e. The first-order valence-electron chi connectivity index (χ1n) is 6.14. The number of nitrogens with zero attached hydrogens (tertiary/aromatic N) is 2. The Morgan fingerprint density at radius 2 is 2.39 bits per heavy atom. The van der Waals surface area contributed by atoms with Crippen molar-refractivity contribution in [1.82, 2.24) is 14.9 Å². The summed E-state index contributed by atoms with van der Waals surface area (Å²) in [6, 6.07) is 2.22. The van der Waals surface area contributed by atoms with Crippen LogP contribution < -0.4 is 5.32 Å². The summed E-state index contributed by atoms with van der Waals surface area (Å²) in [6.07, 6.45) is 7.46. The standard InChI is InChI=1S/C13H18BrN3O/c1-3-5-15-11(10-4-8-18-13(10)14)9-12-16-6-7-17(12)2/h4,6-8,11,15H,3,5,9H2,1-2H3. The zero-order valence-electron chi connectivity index (χ0n) is 10.7. The Bertz CT molecular complexity index is 492. The molecule has 1 atom stereocenters. The summed E-state index contributed by atoms with van der Waals surface area (Å²) in [4.78, 5) is 4.38. The van der Waals surface area contributed by atoms with Gasteiger partial charge in [-0.15, -0.1) is 0 Å². The highest BCUT2D eigenvalue weighted by atomic mass is 79.9. The molecule has 98 valence electrons. The lowest BCUT2D eigenvalue weighted by Gasteiger charge is -2.17. The first kappa shape index (κ1) is 13.4. The fraction of sp³-hybridized carbons (Fsp3) is 0.462. The molecule has 0 saturated heterocycles. The maximum Gasteiger partial charge on any atom is 0.173 e. The summed E-state index contributed by atoms with van der Waals surface area (Å²) in [5.41, 5.74) is 1.14. The van der Waals surface area contributed by atoms with Crippen molar-refractivity contribution in [2.75, 3.05) is 6.54 Å². The molecule has 2 aromatic rings. The van der Waals surface area contributed by atoms with Crippen molar-refractivity contribution in [3.63, 3.8) is 0 Å². The number of nitrogens with one attached hydrogen (secondary N) is 1. The van der Waals surface area contributed by atoms with Gasteiger partial charge in [0.15, 0.2) is 4.67 Å². The topological polar surface area (TPSA) is 43.0 Å². The third-order valence-corrected chi connectivity index (χ3v) is 3.61. The Labute approximate surface area is 116 Å². The number of imidazole rings is 1. The van der Waals surface area contributed by atoms with Gasteiger partial charge in [0.1, 0.15) is 5.82 Å². The van der Waals surface area contributed by atoms with Crippen molar-refractivity contribution in [3.8, 4) is 0 Å². The molecule has 0 aliphatic heterocycles. The highest BCUT2D eigenvalue weighted by Gasteiger charge is 2.18. The molecule has 18 heavy (non-hydrogen) atoms. The van der Waals surface area contributed by atoms with Gasteiger partial charge in [0.2, 0.25) is 0 Å². The second kappa shape index (κ2) is 6.20. The molecule has 1 unspecified atom stereocenters. The monoisotopic (exact) mass is 311 g/mol. The number of halogens is 1. The molecular formula is C13H18BrN3O. The molecule has 2 rings (SSSR count). The molecule has 4 nitrogen and oxygen atoms in total. The maximum absolute atomic E-state index is 5.32. The molecule has 5 heteroatoms. The highest BCUT2D eigenvalue weighted by molar-refractivity contribution is 9.10. The average molecular weight is 312 g/mol. The predicted molar refractivity (Wildman–Crippen MR) is 74.4 cm³/mol. The molecule has 0 amide bonds. The Hall–Kier alpha value is -1.07. The Morgan fingerprint density at radius 1 is 1.56 bits per heavy atom. The van der Waals surface area contributed by atoms with Crippen molar-refractivity contribution >= 4 is 15.9 Å². The minimum absolute atomic E-state index is 0.221. The van der Waals surface area contributed by atoms with Gasteiger partial charge in [-0.2, -0.15) is 0 Å². The van der Waals surface area contributed by atoms with Gasteiger partial charge in [-0.1, -0.05) is 6.92 Å².